The molecule has 0 fully saturated rings. The molecule has 0 aliphatic heterocycles. The van der Waals surface area contributed by atoms with Crippen molar-refractivity contribution in [2.75, 3.05) is 6.61 Å². The molecule has 2 rings (SSSR count). The normalized spacial score (nSPS) is 10.7. The number of phenolic OH excluding ortho intramolecular Hbond substituents is 1. The van der Waals surface area contributed by atoms with E-state index < -0.39 is 0 Å². The van der Waals surface area contributed by atoms with Gasteiger partial charge in [0.15, 0.2) is 0 Å². The molecular weight excluding hydrogens is 220 g/mol. The first kappa shape index (κ1) is 11.5. The van der Waals surface area contributed by atoms with Crippen LogP contribution in [0.2, 0.25) is 0 Å². The molecule has 1 aromatic heterocycles. The van der Waals surface area contributed by atoms with E-state index in [-0.39, 0.29) is 17.9 Å². The summed E-state index contributed by atoms with van der Waals surface area (Å²) < 4.78 is 1.36. The topological polar surface area (TPSA) is 78.2 Å². The van der Waals surface area contributed by atoms with E-state index in [0.717, 1.165) is 5.69 Å². The zero-order valence-corrected chi connectivity index (χ0v) is 9.47. The molecule has 0 amide bonds. The van der Waals surface area contributed by atoms with E-state index in [1.165, 1.54) is 10.7 Å². The minimum absolute atomic E-state index is 0.0615. The van der Waals surface area contributed by atoms with Gasteiger partial charge < -0.3 is 10.2 Å². The lowest BCUT2D eigenvalue weighted by molar-refractivity contribution is 0.299. The molecule has 17 heavy (non-hydrogen) atoms. The van der Waals surface area contributed by atoms with Gasteiger partial charge in [0.05, 0.1) is 5.69 Å². The Morgan fingerprint density at radius 3 is 2.82 bits per heavy atom. The lowest BCUT2D eigenvalue weighted by Crippen LogP contribution is -2.17. The third-order valence-electron chi connectivity index (χ3n) is 2.64. The number of nitrogens with zero attached hydrogens (tertiary/aromatic N) is 1. The second-order valence-corrected chi connectivity index (χ2v) is 3.85. The summed E-state index contributed by atoms with van der Waals surface area (Å²) in [7, 11) is 0. The van der Waals surface area contributed by atoms with Gasteiger partial charge in [-0.05, 0) is 19.1 Å². The first-order valence-electron chi connectivity index (χ1n) is 5.34. The molecule has 90 valence electrons. The van der Waals surface area contributed by atoms with Crippen LogP contribution in [0.4, 0.5) is 0 Å². The quantitative estimate of drug-likeness (QED) is 0.732. The van der Waals surface area contributed by atoms with Gasteiger partial charge in [0.2, 0.25) is 0 Å². The van der Waals surface area contributed by atoms with Crippen LogP contribution < -0.4 is 5.56 Å². The number of benzene rings is 1. The predicted molar refractivity (Wildman–Crippen MR) is 63.6 cm³/mol. The number of aryl methyl sites for hydroxylation is 1. The summed E-state index contributed by atoms with van der Waals surface area (Å²) in [4.78, 5) is 12.0. The monoisotopic (exact) mass is 234 g/mol. The number of hydrogen-bond acceptors (Lipinski definition) is 3. The zero-order chi connectivity index (χ0) is 12.4. The summed E-state index contributed by atoms with van der Waals surface area (Å²) in [6, 6.07) is 6.43. The van der Waals surface area contributed by atoms with E-state index in [1.54, 1.807) is 25.1 Å². The van der Waals surface area contributed by atoms with E-state index in [1.807, 2.05) is 0 Å². The van der Waals surface area contributed by atoms with Crippen LogP contribution in [0.3, 0.4) is 0 Å². The van der Waals surface area contributed by atoms with Crippen molar-refractivity contribution >= 4 is 0 Å². The van der Waals surface area contributed by atoms with Crippen molar-refractivity contribution < 1.29 is 10.2 Å². The molecule has 0 saturated carbocycles. The molecular formula is C12H14N2O3. The summed E-state index contributed by atoms with van der Waals surface area (Å²) in [6.07, 6.45) is 0.326. The highest BCUT2D eigenvalue weighted by molar-refractivity contribution is 5.38. The molecule has 1 aromatic carbocycles. The van der Waals surface area contributed by atoms with E-state index in [9.17, 15) is 9.90 Å². The third-order valence-corrected chi connectivity index (χ3v) is 2.64. The fourth-order valence-corrected chi connectivity index (χ4v) is 1.80. The maximum atomic E-state index is 12.0. The summed E-state index contributed by atoms with van der Waals surface area (Å²) >= 11 is 0. The van der Waals surface area contributed by atoms with Gasteiger partial charge >= 0.3 is 0 Å². The molecule has 1 heterocycles. The molecule has 5 nitrogen and oxygen atoms in total. The van der Waals surface area contributed by atoms with Crippen LogP contribution in [0.5, 0.6) is 5.75 Å². The van der Waals surface area contributed by atoms with Crippen LogP contribution in [0.25, 0.3) is 5.69 Å². The number of hydrogen-bond donors (Lipinski definition) is 3. The minimum Gasteiger partial charge on any atom is -0.508 e. The smallest absolute Gasteiger partial charge is 0.274 e. The van der Waals surface area contributed by atoms with Gasteiger partial charge in [-0.1, -0.05) is 6.07 Å². The minimum atomic E-state index is -0.192. The first-order valence-corrected chi connectivity index (χ1v) is 5.34. The Balaban J connectivity index is 2.54. The van der Waals surface area contributed by atoms with Crippen LogP contribution >= 0.6 is 0 Å². The number of aromatic amines is 1. The molecule has 0 aliphatic rings. The number of aliphatic hydroxyl groups is 1. The van der Waals surface area contributed by atoms with Gasteiger partial charge in [0.1, 0.15) is 5.75 Å². The fraction of sp³-hybridized carbons (Fsp3) is 0.250. The standard InChI is InChI=1S/C12H14N2O3/c1-8-11(5-6-15)12(17)14(13-8)9-3-2-4-10(16)7-9/h2-4,7,13,15-16H,5-6H2,1H3. The van der Waals surface area contributed by atoms with Gasteiger partial charge in [-0.15, -0.1) is 0 Å². The molecule has 3 N–H and O–H groups in total. The largest absolute Gasteiger partial charge is 0.508 e. The van der Waals surface area contributed by atoms with Gasteiger partial charge in [-0.2, -0.15) is 0 Å². The van der Waals surface area contributed by atoms with E-state index in [2.05, 4.69) is 5.10 Å². The van der Waals surface area contributed by atoms with Crippen LogP contribution in [0.1, 0.15) is 11.3 Å². The van der Waals surface area contributed by atoms with Crippen molar-refractivity contribution in [3.8, 4) is 11.4 Å². The van der Waals surface area contributed by atoms with Crippen molar-refractivity contribution in [2.45, 2.75) is 13.3 Å². The molecule has 0 radical (unpaired) electrons. The van der Waals surface area contributed by atoms with E-state index in [0.29, 0.717) is 17.7 Å². The third kappa shape index (κ3) is 2.09. The Kier molecular flexibility index (Phi) is 3.01. The summed E-state index contributed by atoms with van der Waals surface area (Å²) in [6.45, 7) is 1.72. The molecule has 0 atom stereocenters. The van der Waals surface area contributed by atoms with E-state index >= 15 is 0 Å². The molecule has 0 spiro atoms. The van der Waals surface area contributed by atoms with Crippen LogP contribution in [-0.2, 0) is 6.42 Å². The predicted octanol–water partition coefficient (Wildman–Crippen LogP) is 0.714. The lowest BCUT2D eigenvalue weighted by Gasteiger charge is -2.01. The summed E-state index contributed by atoms with van der Waals surface area (Å²) in [5.74, 6) is 0.102. The average Bonchev–Trinajstić information content (AvgIpc) is 2.57. The Bertz CT molecular complexity index is 584. The second kappa shape index (κ2) is 4.47. The summed E-state index contributed by atoms with van der Waals surface area (Å²) in [5.41, 5.74) is 1.67. The lowest BCUT2D eigenvalue weighted by atomic mass is 10.2. The number of aliphatic hydroxyl groups excluding tert-OH is 1. The highest BCUT2D eigenvalue weighted by Crippen LogP contribution is 2.14. The Labute approximate surface area is 97.9 Å². The average molecular weight is 234 g/mol. The number of aromatic nitrogens is 2. The van der Waals surface area contributed by atoms with Crippen molar-refractivity contribution in [3.63, 3.8) is 0 Å². The first-order chi connectivity index (χ1) is 8.13. The number of phenols is 1. The highest BCUT2D eigenvalue weighted by atomic mass is 16.3. The van der Waals surface area contributed by atoms with Gasteiger partial charge in [-0.3, -0.25) is 9.89 Å². The molecule has 0 bridgehead atoms. The molecule has 0 aliphatic carbocycles. The molecule has 0 unspecified atom stereocenters. The van der Waals surface area contributed by atoms with Crippen molar-refractivity contribution in [3.05, 3.63) is 45.9 Å². The Morgan fingerprint density at radius 1 is 1.41 bits per heavy atom. The van der Waals surface area contributed by atoms with Gasteiger partial charge in [0.25, 0.3) is 5.56 Å². The van der Waals surface area contributed by atoms with Crippen molar-refractivity contribution in [1.29, 1.82) is 0 Å². The van der Waals surface area contributed by atoms with Crippen LogP contribution in [-0.4, -0.2) is 26.6 Å². The SMILES string of the molecule is Cc1[nH]n(-c2cccc(O)c2)c(=O)c1CCO. The maximum absolute atomic E-state index is 12.0. The van der Waals surface area contributed by atoms with Crippen LogP contribution in [0.15, 0.2) is 29.1 Å². The molecule has 5 heteroatoms. The van der Waals surface area contributed by atoms with Crippen LogP contribution in [0, 0.1) is 6.92 Å². The van der Waals surface area contributed by atoms with Gasteiger partial charge in [0, 0.05) is 30.4 Å². The number of nitrogens with one attached hydrogen (secondary N) is 1. The van der Waals surface area contributed by atoms with Crippen molar-refractivity contribution in [1.82, 2.24) is 9.78 Å². The maximum Gasteiger partial charge on any atom is 0.274 e. The second-order valence-electron chi connectivity index (χ2n) is 3.85. The van der Waals surface area contributed by atoms with E-state index in [4.69, 9.17) is 5.11 Å². The Morgan fingerprint density at radius 2 is 2.18 bits per heavy atom. The highest BCUT2D eigenvalue weighted by Gasteiger charge is 2.11. The molecule has 2 aromatic rings. The van der Waals surface area contributed by atoms with Gasteiger partial charge in [-0.25, -0.2) is 4.68 Å². The summed E-state index contributed by atoms with van der Waals surface area (Å²) in [5, 5.41) is 21.2. The Hall–Kier alpha value is -2.01. The zero-order valence-electron chi connectivity index (χ0n) is 9.47. The number of rotatable bonds is 3. The number of aromatic hydroxyl groups is 1. The fourth-order valence-electron chi connectivity index (χ4n) is 1.80. The number of H-pyrrole nitrogens is 1. The molecule has 0 saturated heterocycles. The van der Waals surface area contributed by atoms with Crippen molar-refractivity contribution in [2.24, 2.45) is 0 Å².